The number of likely N-dealkylation sites (tertiary alicyclic amines) is 2. The Morgan fingerprint density at radius 2 is 1.47 bits per heavy atom. The van der Waals surface area contributed by atoms with Crippen LogP contribution in [0.3, 0.4) is 0 Å². The number of benzene rings is 2. The average Bonchev–Trinajstić information content (AvgIpc) is 2.87. The lowest BCUT2D eigenvalue weighted by Crippen LogP contribution is -2.43. The molecule has 0 aliphatic carbocycles. The third kappa shape index (κ3) is 6.02. The van der Waals surface area contributed by atoms with E-state index >= 15 is 0 Å². The molecule has 0 radical (unpaired) electrons. The summed E-state index contributed by atoms with van der Waals surface area (Å²) in [6, 6.07) is 16.9. The lowest BCUT2D eigenvalue weighted by molar-refractivity contribution is -0.135. The predicted molar refractivity (Wildman–Crippen MR) is 123 cm³/mol. The second-order valence-corrected chi connectivity index (χ2v) is 8.64. The highest BCUT2D eigenvalue weighted by Crippen LogP contribution is 2.21. The molecule has 32 heavy (non-hydrogen) atoms. The van der Waals surface area contributed by atoms with E-state index in [2.05, 4.69) is 0 Å². The van der Waals surface area contributed by atoms with Gasteiger partial charge in [-0.1, -0.05) is 18.2 Å². The van der Waals surface area contributed by atoms with Gasteiger partial charge in [0.25, 0.3) is 11.8 Å². The largest absolute Gasteiger partial charge is 0.493 e. The SMILES string of the molecule is O=C(COc1ccccc1)N1CCC[C@H](COc2ccc(C(=O)N3CCCCC3)cc2)C1. The van der Waals surface area contributed by atoms with Gasteiger partial charge >= 0.3 is 0 Å². The van der Waals surface area contributed by atoms with Gasteiger partial charge in [0, 0.05) is 37.7 Å². The molecule has 2 heterocycles. The molecule has 4 rings (SSSR count). The first-order chi connectivity index (χ1) is 15.7. The van der Waals surface area contributed by atoms with Crippen LogP contribution in [0.5, 0.6) is 11.5 Å². The molecule has 0 saturated carbocycles. The number of hydrogen-bond acceptors (Lipinski definition) is 4. The van der Waals surface area contributed by atoms with Gasteiger partial charge in [0.1, 0.15) is 11.5 Å². The van der Waals surface area contributed by atoms with Crippen molar-refractivity contribution in [2.24, 2.45) is 5.92 Å². The maximum absolute atomic E-state index is 12.6. The molecular weight excluding hydrogens is 404 g/mol. The van der Waals surface area contributed by atoms with Crippen molar-refractivity contribution in [1.82, 2.24) is 9.80 Å². The molecule has 2 aromatic carbocycles. The maximum atomic E-state index is 12.6. The fourth-order valence-corrected chi connectivity index (χ4v) is 4.37. The molecule has 2 aliphatic heterocycles. The predicted octanol–water partition coefficient (Wildman–Crippen LogP) is 4.01. The number of hydrogen-bond donors (Lipinski definition) is 0. The smallest absolute Gasteiger partial charge is 0.260 e. The van der Waals surface area contributed by atoms with E-state index in [4.69, 9.17) is 9.47 Å². The number of amides is 2. The van der Waals surface area contributed by atoms with Crippen molar-refractivity contribution in [3.8, 4) is 11.5 Å². The van der Waals surface area contributed by atoms with E-state index < -0.39 is 0 Å². The Morgan fingerprint density at radius 1 is 0.781 bits per heavy atom. The van der Waals surface area contributed by atoms with Crippen LogP contribution in [-0.4, -0.2) is 61.0 Å². The van der Waals surface area contributed by atoms with Crippen LogP contribution in [0.25, 0.3) is 0 Å². The monoisotopic (exact) mass is 436 g/mol. The molecule has 170 valence electrons. The van der Waals surface area contributed by atoms with Gasteiger partial charge in [-0.15, -0.1) is 0 Å². The number of piperidine rings is 2. The second-order valence-electron chi connectivity index (χ2n) is 8.64. The van der Waals surface area contributed by atoms with Gasteiger partial charge in [-0.25, -0.2) is 0 Å². The quantitative estimate of drug-likeness (QED) is 0.658. The zero-order chi connectivity index (χ0) is 22.2. The van der Waals surface area contributed by atoms with E-state index in [1.165, 1.54) is 6.42 Å². The Hall–Kier alpha value is -3.02. The second kappa shape index (κ2) is 11.0. The molecule has 1 atom stereocenters. The summed E-state index contributed by atoms with van der Waals surface area (Å²) in [5, 5.41) is 0. The van der Waals surface area contributed by atoms with E-state index in [0.717, 1.165) is 51.1 Å². The lowest BCUT2D eigenvalue weighted by atomic mass is 9.99. The highest BCUT2D eigenvalue weighted by atomic mass is 16.5. The van der Waals surface area contributed by atoms with Crippen LogP contribution >= 0.6 is 0 Å². The molecule has 0 spiro atoms. The van der Waals surface area contributed by atoms with Crippen molar-refractivity contribution in [2.75, 3.05) is 39.4 Å². The summed E-state index contributed by atoms with van der Waals surface area (Å²) in [4.78, 5) is 29.0. The summed E-state index contributed by atoms with van der Waals surface area (Å²) < 4.78 is 11.6. The van der Waals surface area contributed by atoms with Crippen LogP contribution < -0.4 is 9.47 Å². The molecule has 0 N–H and O–H groups in total. The number of carbonyl (C=O) groups excluding carboxylic acids is 2. The van der Waals surface area contributed by atoms with Crippen molar-refractivity contribution in [3.05, 3.63) is 60.2 Å². The fraction of sp³-hybridized carbons (Fsp3) is 0.462. The topological polar surface area (TPSA) is 59.1 Å². The minimum absolute atomic E-state index is 0.0131. The molecule has 6 heteroatoms. The Labute approximate surface area is 190 Å². The Bertz CT molecular complexity index is 878. The van der Waals surface area contributed by atoms with Crippen molar-refractivity contribution in [2.45, 2.75) is 32.1 Å². The van der Waals surface area contributed by atoms with E-state index in [9.17, 15) is 9.59 Å². The van der Waals surface area contributed by atoms with E-state index in [0.29, 0.717) is 30.4 Å². The molecular formula is C26H32N2O4. The van der Waals surface area contributed by atoms with Crippen molar-refractivity contribution >= 4 is 11.8 Å². The summed E-state index contributed by atoms with van der Waals surface area (Å²) in [5.74, 6) is 1.88. The summed E-state index contributed by atoms with van der Waals surface area (Å²) in [7, 11) is 0. The number of ether oxygens (including phenoxy) is 2. The number of carbonyl (C=O) groups is 2. The van der Waals surface area contributed by atoms with E-state index in [1.54, 1.807) is 0 Å². The zero-order valence-corrected chi connectivity index (χ0v) is 18.6. The standard InChI is InChI=1S/C26H32N2O4/c29-25(20-32-23-9-3-1-4-10-23)28-17-7-8-21(18-28)19-31-24-13-11-22(12-14-24)26(30)27-15-5-2-6-16-27/h1,3-4,9-14,21H,2,5-8,15-20H2/t21-/m0/s1. The van der Waals surface area contributed by atoms with Gasteiger partial charge in [0.15, 0.2) is 6.61 Å². The van der Waals surface area contributed by atoms with Crippen molar-refractivity contribution < 1.29 is 19.1 Å². The van der Waals surface area contributed by atoms with Gasteiger partial charge in [-0.3, -0.25) is 9.59 Å². The summed E-state index contributed by atoms with van der Waals surface area (Å²) in [5.41, 5.74) is 0.715. The molecule has 2 aromatic rings. The molecule has 2 aliphatic rings. The molecule has 0 unspecified atom stereocenters. The van der Waals surface area contributed by atoms with Crippen molar-refractivity contribution in [1.29, 1.82) is 0 Å². The third-order valence-corrected chi connectivity index (χ3v) is 6.21. The lowest BCUT2D eigenvalue weighted by Gasteiger charge is -2.32. The Morgan fingerprint density at radius 3 is 2.22 bits per heavy atom. The van der Waals surface area contributed by atoms with Gasteiger partial charge in [0.05, 0.1) is 6.61 Å². The Kier molecular flexibility index (Phi) is 7.64. The van der Waals surface area contributed by atoms with Crippen LogP contribution in [-0.2, 0) is 4.79 Å². The fourth-order valence-electron chi connectivity index (χ4n) is 4.37. The van der Waals surface area contributed by atoms with Crippen LogP contribution in [0.15, 0.2) is 54.6 Å². The minimum atomic E-state index is 0.0131. The number of para-hydroxylation sites is 1. The summed E-state index contributed by atoms with van der Waals surface area (Å²) in [6.07, 6.45) is 5.39. The highest BCUT2D eigenvalue weighted by molar-refractivity contribution is 5.94. The van der Waals surface area contributed by atoms with E-state index in [1.807, 2.05) is 64.4 Å². The van der Waals surface area contributed by atoms with Gasteiger partial charge in [-0.2, -0.15) is 0 Å². The summed E-state index contributed by atoms with van der Waals surface area (Å²) in [6.45, 7) is 3.77. The van der Waals surface area contributed by atoms with Crippen LogP contribution in [0.1, 0.15) is 42.5 Å². The third-order valence-electron chi connectivity index (χ3n) is 6.21. The zero-order valence-electron chi connectivity index (χ0n) is 18.6. The van der Waals surface area contributed by atoms with Gasteiger partial charge in [0.2, 0.25) is 0 Å². The molecule has 2 saturated heterocycles. The van der Waals surface area contributed by atoms with Crippen molar-refractivity contribution in [3.63, 3.8) is 0 Å². The van der Waals surface area contributed by atoms with Crippen LogP contribution in [0.4, 0.5) is 0 Å². The van der Waals surface area contributed by atoms with Crippen LogP contribution in [0.2, 0.25) is 0 Å². The molecule has 0 bridgehead atoms. The number of rotatable bonds is 7. The molecule has 2 fully saturated rings. The summed E-state index contributed by atoms with van der Waals surface area (Å²) >= 11 is 0. The van der Waals surface area contributed by atoms with Gasteiger partial charge < -0.3 is 19.3 Å². The first-order valence-electron chi connectivity index (χ1n) is 11.7. The highest BCUT2D eigenvalue weighted by Gasteiger charge is 2.24. The number of nitrogens with zero attached hydrogens (tertiary/aromatic N) is 2. The normalized spacial score (nSPS) is 18.8. The average molecular weight is 437 g/mol. The van der Waals surface area contributed by atoms with Crippen LogP contribution in [0, 0.1) is 5.92 Å². The first-order valence-corrected chi connectivity index (χ1v) is 11.7. The van der Waals surface area contributed by atoms with E-state index in [-0.39, 0.29) is 18.4 Å². The minimum Gasteiger partial charge on any atom is -0.493 e. The molecule has 0 aromatic heterocycles. The first kappa shape index (κ1) is 22.2. The Balaban J connectivity index is 1.22. The van der Waals surface area contributed by atoms with Gasteiger partial charge in [-0.05, 0) is 68.5 Å². The molecule has 6 nitrogen and oxygen atoms in total. The molecule has 2 amide bonds. The maximum Gasteiger partial charge on any atom is 0.260 e.